The molecule has 168 valence electrons. The summed E-state index contributed by atoms with van der Waals surface area (Å²) in [5.74, 6) is 0.355. The van der Waals surface area contributed by atoms with Crippen LogP contribution in [-0.4, -0.2) is 0 Å². The first kappa shape index (κ1) is 22.6. The van der Waals surface area contributed by atoms with E-state index in [-0.39, 0.29) is 11.7 Å². The van der Waals surface area contributed by atoms with Crippen molar-refractivity contribution in [3.05, 3.63) is 101 Å². The van der Waals surface area contributed by atoms with Crippen LogP contribution in [0.4, 0.5) is 17.6 Å². The molecule has 0 aromatic heterocycles. The van der Waals surface area contributed by atoms with E-state index < -0.39 is 17.6 Å². The van der Waals surface area contributed by atoms with Crippen molar-refractivity contribution in [3.63, 3.8) is 0 Å². The summed E-state index contributed by atoms with van der Waals surface area (Å²) >= 11 is 0. The van der Waals surface area contributed by atoms with Crippen LogP contribution in [-0.2, 0) is 6.18 Å². The van der Waals surface area contributed by atoms with Gasteiger partial charge in [-0.1, -0.05) is 42.5 Å². The largest absolute Gasteiger partial charge is 0.454 e. The molecular formula is C27H21F4NO. The summed E-state index contributed by atoms with van der Waals surface area (Å²) in [6.07, 6.45) is -0.0744. The zero-order chi connectivity index (χ0) is 23.4. The number of rotatable bonds is 7. The monoisotopic (exact) mass is 451 g/mol. The third kappa shape index (κ3) is 5.61. The van der Waals surface area contributed by atoms with Gasteiger partial charge in [0.05, 0.1) is 17.2 Å². The van der Waals surface area contributed by atoms with Crippen molar-refractivity contribution >= 4 is 5.57 Å². The number of allylic oxidation sites excluding steroid dienone is 2. The van der Waals surface area contributed by atoms with Crippen LogP contribution in [0.3, 0.4) is 0 Å². The molecule has 33 heavy (non-hydrogen) atoms. The van der Waals surface area contributed by atoms with Gasteiger partial charge in [-0.25, -0.2) is 4.39 Å². The van der Waals surface area contributed by atoms with E-state index in [4.69, 9.17) is 4.74 Å². The summed E-state index contributed by atoms with van der Waals surface area (Å²) in [6.45, 7) is 0. The van der Waals surface area contributed by atoms with Crippen LogP contribution in [0.1, 0.15) is 41.9 Å². The fourth-order valence-electron chi connectivity index (χ4n) is 3.86. The number of nitriles is 1. The molecule has 0 spiro atoms. The first-order valence-electron chi connectivity index (χ1n) is 10.7. The highest BCUT2D eigenvalue weighted by Gasteiger charge is 2.33. The summed E-state index contributed by atoms with van der Waals surface area (Å²) in [7, 11) is 0. The number of para-hydroxylation sites is 1. The van der Waals surface area contributed by atoms with Gasteiger partial charge in [-0.2, -0.15) is 18.4 Å². The van der Waals surface area contributed by atoms with Crippen molar-refractivity contribution in [2.24, 2.45) is 5.92 Å². The molecule has 3 aromatic rings. The highest BCUT2D eigenvalue weighted by molar-refractivity contribution is 5.77. The smallest absolute Gasteiger partial charge is 0.416 e. The van der Waals surface area contributed by atoms with E-state index in [0.29, 0.717) is 29.2 Å². The van der Waals surface area contributed by atoms with Crippen molar-refractivity contribution < 1.29 is 22.3 Å². The fraction of sp³-hybridized carbons (Fsp3) is 0.222. The highest BCUT2D eigenvalue weighted by atomic mass is 19.4. The molecule has 1 aliphatic rings. The van der Waals surface area contributed by atoms with Gasteiger partial charge in [-0.15, -0.1) is 0 Å². The molecule has 0 saturated heterocycles. The van der Waals surface area contributed by atoms with Gasteiger partial charge in [0.25, 0.3) is 0 Å². The molecule has 3 aromatic carbocycles. The first-order valence-corrected chi connectivity index (χ1v) is 10.7. The Morgan fingerprint density at radius 3 is 2.33 bits per heavy atom. The van der Waals surface area contributed by atoms with Crippen molar-refractivity contribution in [2.45, 2.75) is 31.4 Å². The third-order valence-electron chi connectivity index (χ3n) is 5.77. The van der Waals surface area contributed by atoms with Gasteiger partial charge < -0.3 is 4.74 Å². The average Bonchev–Trinajstić information content (AvgIpc) is 3.64. The number of ether oxygens (including phenoxy) is 1. The second-order valence-electron chi connectivity index (χ2n) is 8.09. The minimum Gasteiger partial charge on any atom is -0.454 e. The van der Waals surface area contributed by atoms with Crippen LogP contribution in [0.25, 0.3) is 5.57 Å². The Morgan fingerprint density at radius 1 is 1.03 bits per heavy atom. The maximum atomic E-state index is 14.3. The number of alkyl halides is 3. The number of nitrogens with zero attached hydrogens (tertiary/aromatic N) is 1. The quantitative estimate of drug-likeness (QED) is 0.268. The van der Waals surface area contributed by atoms with Gasteiger partial charge in [0.2, 0.25) is 0 Å². The van der Waals surface area contributed by atoms with Crippen molar-refractivity contribution in [2.75, 3.05) is 0 Å². The normalized spacial score (nSPS) is 15.1. The Hall–Kier alpha value is -3.59. The molecule has 0 aliphatic heterocycles. The molecule has 0 radical (unpaired) electrons. The van der Waals surface area contributed by atoms with E-state index in [1.807, 2.05) is 6.07 Å². The Balaban J connectivity index is 1.55. The molecule has 0 heterocycles. The number of hydrogen-bond donors (Lipinski definition) is 0. The number of halogens is 4. The van der Waals surface area contributed by atoms with E-state index in [2.05, 4.69) is 6.07 Å². The van der Waals surface area contributed by atoms with Crippen molar-refractivity contribution in [1.29, 1.82) is 5.26 Å². The van der Waals surface area contributed by atoms with E-state index in [9.17, 15) is 22.8 Å². The number of benzene rings is 3. The molecule has 6 heteroatoms. The number of hydrogen-bond acceptors (Lipinski definition) is 2. The molecule has 1 atom stereocenters. The fourth-order valence-corrected chi connectivity index (χ4v) is 3.86. The van der Waals surface area contributed by atoms with E-state index in [1.165, 1.54) is 30.3 Å². The molecular weight excluding hydrogens is 430 g/mol. The zero-order valence-electron chi connectivity index (χ0n) is 17.6. The average molecular weight is 451 g/mol. The van der Waals surface area contributed by atoms with Crippen LogP contribution >= 0.6 is 0 Å². The Morgan fingerprint density at radius 2 is 1.73 bits per heavy atom. The van der Waals surface area contributed by atoms with Gasteiger partial charge >= 0.3 is 6.18 Å². The minimum absolute atomic E-state index is 0.0151. The maximum Gasteiger partial charge on any atom is 0.416 e. The zero-order valence-corrected chi connectivity index (χ0v) is 17.6. The molecule has 4 rings (SSSR count). The molecule has 1 saturated carbocycles. The Bertz CT molecular complexity index is 1170. The summed E-state index contributed by atoms with van der Waals surface area (Å²) < 4.78 is 58.6. The van der Waals surface area contributed by atoms with Gasteiger partial charge in [-0.3, -0.25) is 0 Å². The lowest BCUT2D eigenvalue weighted by atomic mass is 9.89. The lowest BCUT2D eigenvalue weighted by Crippen LogP contribution is -2.06. The summed E-state index contributed by atoms with van der Waals surface area (Å²) in [5, 5.41) is 9.72. The Kier molecular flexibility index (Phi) is 6.50. The minimum atomic E-state index is -4.37. The predicted molar refractivity (Wildman–Crippen MR) is 118 cm³/mol. The topological polar surface area (TPSA) is 33.0 Å². The predicted octanol–water partition coefficient (Wildman–Crippen LogP) is 8.13. The molecule has 0 bridgehead atoms. The standard InChI is InChI=1S/C27H21F4NO/c28-25-15-11-20(16-26(25)33-23-4-2-1-3-5-23)21(17-32)10-14-24(18-6-7-18)19-8-12-22(13-9-19)27(29,30)31/h1-5,8-13,15-16,18,24H,6-7,14H2/b21-10+. The van der Waals surface area contributed by atoms with Gasteiger partial charge in [0, 0.05) is 0 Å². The highest BCUT2D eigenvalue weighted by Crippen LogP contribution is 2.45. The Labute approximate surface area is 189 Å². The lowest BCUT2D eigenvalue weighted by molar-refractivity contribution is -0.137. The van der Waals surface area contributed by atoms with Crippen molar-refractivity contribution in [1.82, 2.24) is 0 Å². The second-order valence-corrected chi connectivity index (χ2v) is 8.09. The van der Waals surface area contributed by atoms with Crippen LogP contribution in [0.2, 0.25) is 0 Å². The lowest BCUT2D eigenvalue weighted by Gasteiger charge is -2.16. The molecule has 0 N–H and O–H groups in total. The van der Waals surface area contributed by atoms with E-state index >= 15 is 0 Å². The SMILES string of the molecule is N#C/C(=C\CC(c1ccc(C(F)(F)F)cc1)C1CC1)c1ccc(F)c(Oc2ccccc2)c1. The summed E-state index contributed by atoms with van der Waals surface area (Å²) in [4.78, 5) is 0. The molecule has 0 amide bonds. The van der Waals surface area contributed by atoms with E-state index in [1.54, 1.807) is 30.3 Å². The van der Waals surface area contributed by atoms with Gasteiger partial charge in [0.1, 0.15) is 5.75 Å². The van der Waals surface area contributed by atoms with E-state index in [0.717, 1.165) is 30.5 Å². The first-order chi connectivity index (χ1) is 15.8. The van der Waals surface area contributed by atoms with Crippen LogP contribution < -0.4 is 4.74 Å². The molecule has 1 fully saturated rings. The summed E-state index contributed by atoms with van der Waals surface area (Å²) in [5.41, 5.74) is 1.04. The third-order valence-corrected chi connectivity index (χ3v) is 5.77. The van der Waals surface area contributed by atoms with Crippen molar-refractivity contribution in [3.8, 4) is 17.6 Å². The van der Waals surface area contributed by atoms with Crippen LogP contribution in [0, 0.1) is 23.1 Å². The second kappa shape index (κ2) is 9.50. The van der Waals surface area contributed by atoms with Gasteiger partial charge in [0.15, 0.2) is 11.6 Å². The maximum absolute atomic E-state index is 14.3. The van der Waals surface area contributed by atoms with Crippen LogP contribution in [0.15, 0.2) is 78.9 Å². The summed E-state index contributed by atoms with van der Waals surface area (Å²) in [6, 6.07) is 20.5. The molecule has 1 unspecified atom stereocenters. The van der Waals surface area contributed by atoms with Crippen LogP contribution in [0.5, 0.6) is 11.5 Å². The van der Waals surface area contributed by atoms with Gasteiger partial charge in [-0.05, 0) is 78.6 Å². The molecule has 1 aliphatic carbocycles. The molecule has 2 nitrogen and oxygen atoms in total.